The predicted molar refractivity (Wildman–Crippen MR) is 82.3 cm³/mol. The molecule has 3 heterocycles. The van der Waals surface area contributed by atoms with Crippen molar-refractivity contribution in [1.29, 1.82) is 5.26 Å². The van der Waals surface area contributed by atoms with Crippen molar-refractivity contribution in [1.82, 2.24) is 0 Å². The molecular formula is C13H6N2O2S3. The zero-order valence-corrected chi connectivity index (χ0v) is 12.3. The molecule has 3 aromatic rings. The number of rotatable bonds is 3. The summed E-state index contributed by atoms with van der Waals surface area (Å²) in [6.45, 7) is 0. The van der Waals surface area contributed by atoms with Crippen molar-refractivity contribution in [3.8, 4) is 25.6 Å². The van der Waals surface area contributed by atoms with Crippen molar-refractivity contribution in [2.24, 2.45) is 0 Å². The van der Waals surface area contributed by atoms with Gasteiger partial charge in [-0.1, -0.05) is 11.3 Å². The van der Waals surface area contributed by atoms with E-state index >= 15 is 0 Å². The maximum atomic E-state index is 10.7. The van der Waals surface area contributed by atoms with Crippen LogP contribution in [0.5, 0.6) is 0 Å². The summed E-state index contributed by atoms with van der Waals surface area (Å²) in [6, 6.07) is 13.1. The van der Waals surface area contributed by atoms with E-state index in [0.717, 1.165) is 19.5 Å². The molecule has 0 aliphatic heterocycles. The quantitative estimate of drug-likeness (QED) is 0.505. The van der Waals surface area contributed by atoms with Crippen LogP contribution in [0.4, 0.5) is 5.00 Å². The fourth-order valence-corrected chi connectivity index (χ4v) is 4.50. The highest BCUT2D eigenvalue weighted by molar-refractivity contribution is 7.27. The van der Waals surface area contributed by atoms with Crippen molar-refractivity contribution in [2.45, 2.75) is 0 Å². The Labute approximate surface area is 126 Å². The van der Waals surface area contributed by atoms with Gasteiger partial charge in [0.1, 0.15) is 10.9 Å². The first-order valence-electron chi connectivity index (χ1n) is 5.52. The molecule has 0 spiro atoms. The molecule has 98 valence electrons. The number of thiophene rings is 3. The largest absolute Gasteiger partial charge is 0.324 e. The van der Waals surface area contributed by atoms with E-state index in [4.69, 9.17) is 5.26 Å². The number of nitro groups is 1. The Morgan fingerprint density at radius 3 is 2.00 bits per heavy atom. The lowest BCUT2D eigenvalue weighted by atomic mass is 10.3. The Bertz CT molecular complexity index is 823. The maximum absolute atomic E-state index is 10.7. The molecule has 0 aliphatic carbocycles. The van der Waals surface area contributed by atoms with E-state index in [1.54, 1.807) is 23.5 Å². The van der Waals surface area contributed by atoms with Gasteiger partial charge in [0, 0.05) is 20.7 Å². The molecule has 0 aromatic carbocycles. The monoisotopic (exact) mass is 318 g/mol. The predicted octanol–water partition coefficient (Wildman–Crippen LogP) is 4.98. The molecule has 7 heteroatoms. The summed E-state index contributed by atoms with van der Waals surface area (Å²) in [4.78, 5) is 15.0. The summed E-state index contributed by atoms with van der Waals surface area (Å²) >= 11 is 4.20. The number of hydrogen-bond acceptors (Lipinski definition) is 6. The molecule has 0 radical (unpaired) electrons. The Hall–Kier alpha value is -2.01. The summed E-state index contributed by atoms with van der Waals surface area (Å²) in [5.74, 6) is 0. The molecule has 0 atom stereocenters. The third-order valence-electron chi connectivity index (χ3n) is 2.58. The van der Waals surface area contributed by atoms with Crippen molar-refractivity contribution in [3.63, 3.8) is 0 Å². The van der Waals surface area contributed by atoms with Crippen LogP contribution in [0, 0.1) is 21.4 Å². The molecule has 0 saturated carbocycles. The van der Waals surface area contributed by atoms with Gasteiger partial charge in [0.25, 0.3) is 0 Å². The first kappa shape index (κ1) is 13.0. The van der Waals surface area contributed by atoms with Crippen LogP contribution >= 0.6 is 34.0 Å². The van der Waals surface area contributed by atoms with Gasteiger partial charge in [-0.05, 0) is 30.3 Å². The maximum Gasteiger partial charge on any atom is 0.324 e. The van der Waals surface area contributed by atoms with Crippen molar-refractivity contribution < 1.29 is 4.92 Å². The van der Waals surface area contributed by atoms with E-state index in [1.165, 1.54) is 28.7 Å². The third kappa shape index (κ3) is 2.36. The van der Waals surface area contributed by atoms with Crippen molar-refractivity contribution in [3.05, 3.63) is 51.4 Å². The van der Waals surface area contributed by atoms with E-state index in [-0.39, 0.29) is 9.92 Å². The molecule has 0 saturated heterocycles. The van der Waals surface area contributed by atoms with E-state index in [2.05, 4.69) is 6.07 Å². The van der Waals surface area contributed by atoms with Gasteiger partial charge in [-0.25, -0.2) is 0 Å². The zero-order chi connectivity index (χ0) is 14.1. The van der Waals surface area contributed by atoms with Crippen LogP contribution in [0.2, 0.25) is 0 Å². The van der Waals surface area contributed by atoms with Crippen LogP contribution < -0.4 is 0 Å². The first-order valence-corrected chi connectivity index (χ1v) is 7.97. The van der Waals surface area contributed by atoms with Crippen LogP contribution in [0.1, 0.15) is 4.88 Å². The summed E-state index contributed by atoms with van der Waals surface area (Å²) in [7, 11) is 0. The highest BCUT2D eigenvalue weighted by Crippen LogP contribution is 2.41. The zero-order valence-electron chi connectivity index (χ0n) is 9.90. The normalized spacial score (nSPS) is 10.3. The average Bonchev–Trinajstić information content (AvgIpc) is 3.17. The minimum atomic E-state index is -0.374. The molecule has 0 aliphatic rings. The van der Waals surface area contributed by atoms with E-state index < -0.39 is 0 Å². The van der Waals surface area contributed by atoms with Gasteiger partial charge in [0.2, 0.25) is 0 Å². The summed E-state index contributed by atoms with van der Waals surface area (Å²) in [5.41, 5.74) is 0. The highest BCUT2D eigenvalue weighted by atomic mass is 32.1. The molecule has 0 fully saturated rings. The standard InChI is InChI=1S/C13H6N2O2S3/c14-7-8-1-2-9(18-8)10-3-4-11(19-10)12-5-6-13(20-12)15(16)17/h1-6H. The average molecular weight is 318 g/mol. The Morgan fingerprint density at radius 1 is 0.900 bits per heavy atom. The van der Waals surface area contributed by atoms with Crippen LogP contribution in [0.3, 0.4) is 0 Å². The van der Waals surface area contributed by atoms with Gasteiger partial charge >= 0.3 is 5.00 Å². The van der Waals surface area contributed by atoms with E-state index in [1.807, 2.05) is 18.2 Å². The minimum absolute atomic E-state index is 0.151. The molecule has 20 heavy (non-hydrogen) atoms. The fraction of sp³-hybridized carbons (Fsp3) is 0. The second-order valence-corrected chi connectivity index (χ2v) is 7.06. The Kier molecular flexibility index (Phi) is 3.36. The first-order chi connectivity index (χ1) is 9.67. The molecule has 0 bridgehead atoms. The minimum Gasteiger partial charge on any atom is -0.258 e. The van der Waals surface area contributed by atoms with Crippen LogP contribution in [-0.2, 0) is 0 Å². The van der Waals surface area contributed by atoms with Gasteiger partial charge in [0.05, 0.1) is 9.80 Å². The van der Waals surface area contributed by atoms with Gasteiger partial charge in [-0.15, -0.1) is 22.7 Å². The van der Waals surface area contributed by atoms with Crippen LogP contribution in [-0.4, -0.2) is 4.92 Å². The van der Waals surface area contributed by atoms with E-state index in [0.29, 0.717) is 4.88 Å². The lowest BCUT2D eigenvalue weighted by Crippen LogP contribution is -1.80. The SMILES string of the molecule is N#Cc1ccc(-c2ccc(-c3ccc([N+](=O)[O-])s3)s2)s1. The van der Waals surface area contributed by atoms with Crippen LogP contribution in [0.25, 0.3) is 19.5 Å². The summed E-state index contributed by atoms with van der Waals surface area (Å²) in [5, 5.41) is 19.7. The smallest absolute Gasteiger partial charge is 0.258 e. The third-order valence-corrected chi connectivity index (χ3v) is 6.08. The molecule has 0 unspecified atom stereocenters. The number of hydrogen-bond donors (Lipinski definition) is 0. The van der Waals surface area contributed by atoms with Gasteiger partial charge in [-0.3, -0.25) is 10.1 Å². The number of nitrogens with zero attached hydrogens (tertiary/aromatic N) is 2. The Balaban J connectivity index is 1.93. The second kappa shape index (κ2) is 5.17. The molecule has 0 N–H and O–H groups in total. The van der Waals surface area contributed by atoms with Gasteiger partial charge in [0.15, 0.2) is 0 Å². The Morgan fingerprint density at radius 2 is 1.45 bits per heavy atom. The van der Waals surface area contributed by atoms with Crippen molar-refractivity contribution in [2.75, 3.05) is 0 Å². The summed E-state index contributed by atoms with van der Waals surface area (Å²) in [6.07, 6.45) is 0. The molecule has 0 amide bonds. The number of nitriles is 1. The molecule has 3 rings (SSSR count). The topological polar surface area (TPSA) is 66.9 Å². The second-order valence-electron chi connectivity index (χ2n) is 3.83. The molecule has 3 aromatic heterocycles. The summed E-state index contributed by atoms with van der Waals surface area (Å²) < 4.78 is 0. The van der Waals surface area contributed by atoms with Gasteiger partial charge in [-0.2, -0.15) is 5.26 Å². The van der Waals surface area contributed by atoms with Crippen molar-refractivity contribution >= 4 is 39.0 Å². The molecule has 4 nitrogen and oxygen atoms in total. The van der Waals surface area contributed by atoms with Crippen LogP contribution in [0.15, 0.2) is 36.4 Å². The fourth-order valence-electron chi connectivity index (χ4n) is 1.69. The van der Waals surface area contributed by atoms with Gasteiger partial charge < -0.3 is 0 Å². The molecular weight excluding hydrogens is 312 g/mol. The lowest BCUT2D eigenvalue weighted by molar-refractivity contribution is -0.380. The lowest BCUT2D eigenvalue weighted by Gasteiger charge is -1.89. The van der Waals surface area contributed by atoms with E-state index in [9.17, 15) is 10.1 Å². The highest BCUT2D eigenvalue weighted by Gasteiger charge is 2.13.